The van der Waals surface area contributed by atoms with E-state index in [4.69, 9.17) is 4.74 Å². The molecular formula is C15H21BrFNO. The smallest absolute Gasteiger partial charge is 0.119 e. The molecule has 0 aliphatic carbocycles. The van der Waals surface area contributed by atoms with Gasteiger partial charge in [0.25, 0.3) is 0 Å². The molecule has 1 aliphatic rings. The van der Waals surface area contributed by atoms with Gasteiger partial charge in [-0.25, -0.2) is 4.39 Å². The zero-order valence-electron chi connectivity index (χ0n) is 11.3. The van der Waals surface area contributed by atoms with Gasteiger partial charge in [-0.2, -0.15) is 0 Å². The summed E-state index contributed by atoms with van der Waals surface area (Å²) in [4.78, 5) is 2.23. The monoisotopic (exact) mass is 329 g/mol. The molecule has 0 amide bonds. The molecule has 1 aliphatic heterocycles. The first-order chi connectivity index (χ1) is 9.15. The first kappa shape index (κ1) is 14.8. The van der Waals surface area contributed by atoms with Crippen molar-refractivity contribution in [3.05, 3.63) is 28.7 Å². The maximum atomic E-state index is 13.2. The lowest BCUT2D eigenvalue weighted by Crippen LogP contribution is -2.45. The van der Waals surface area contributed by atoms with Gasteiger partial charge in [-0.1, -0.05) is 22.4 Å². The minimum Gasteiger partial charge on any atom is -0.492 e. The largest absolute Gasteiger partial charge is 0.492 e. The van der Waals surface area contributed by atoms with Gasteiger partial charge in [0.2, 0.25) is 0 Å². The van der Waals surface area contributed by atoms with Gasteiger partial charge in [-0.15, -0.1) is 0 Å². The number of hydrogen-bond donors (Lipinski definition) is 0. The number of likely N-dealkylation sites (tertiary alicyclic amines) is 1. The summed E-state index contributed by atoms with van der Waals surface area (Å²) in [6.45, 7) is 3.78. The number of piperidine rings is 1. The van der Waals surface area contributed by atoms with Crippen LogP contribution in [0.4, 0.5) is 4.39 Å². The topological polar surface area (TPSA) is 12.5 Å². The van der Waals surface area contributed by atoms with Gasteiger partial charge in [-0.05, 0) is 50.6 Å². The fourth-order valence-corrected chi connectivity index (χ4v) is 2.80. The van der Waals surface area contributed by atoms with Crippen molar-refractivity contribution in [2.24, 2.45) is 0 Å². The molecule has 0 bridgehead atoms. The van der Waals surface area contributed by atoms with Crippen LogP contribution in [-0.4, -0.2) is 36.8 Å². The fraction of sp³-hybridized carbons (Fsp3) is 0.600. The summed E-state index contributed by atoms with van der Waals surface area (Å²) in [5, 5.41) is 0. The predicted octanol–water partition coefficient (Wildman–Crippen LogP) is 4.04. The zero-order chi connectivity index (χ0) is 13.7. The lowest BCUT2D eigenvalue weighted by Gasteiger charge is -2.35. The summed E-state index contributed by atoms with van der Waals surface area (Å²) in [5.74, 6) is 0.877. The van der Waals surface area contributed by atoms with Crippen LogP contribution in [0.3, 0.4) is 0 Å². The Kier molecular flexibility index (Phi) is 5.64. The number of halogens is 2. The van der Waals surface area contributed by atoms with Crippen LogP contribution < -0.4 is 4.74 Å². The van der Waals surface area contributed by atoms with E-state index >= 15 is 0 Å². The summed E-state index contributed by atoms with van der Waals surface area (Å²) in [6.07, 6.45) is 2.71. The van der Waals surface area contributed by atoms with Crippen LogP contribution >= 0.6 is 15.9 Å². The number of benzene rings is 1. The molecule has 0 spiro atoms. The Morgan fingerprint density at radius 3 is 2.79 bits per heavy atom. The van der Waals surface area contributed by atoms with E-state index in [0.717, 1.165) is 23.2 Å². The van der Waals surface area contributed by atoms with E-state index in [-0.39, 0.29) is 0 Å². The maximum absolute atomic E-state index is 13.2. The molecule has 2 atom stereocenters. The fourth-order valence-electron chi connectivity index (χ4n) is 2.54. The van der Waals surface area contributed by atoms with Crippen LogP contribution in [0.2, 0.25) is 0 Å². The molecule has 1 aromatic rings. The lowest BCUT2D eigenvalue weighted by atomic mass is 10.0. The van der Waals surface area contributed by atoms with Crippen molar-refractivity contribution in [1.82, 2.24) is 4.90 Å². The Bertz CT molecular complexity index is 382. The lowest BCUT2D eigenvalue weighted by molar-refractivity contribution is 0.0786. The summed E-state index contributed by atoms with van der Waals surface area (Å²) >= 11 is 3.40. The molecule has 0 saturated carbocycles. The minimum atomic E-state index is -0.770. The quantitative estimate of drug-likeness (QED) is 0.808. The molecule has 19 heavy (non-hydrogen) atoms. The second-order valence-electron chi connectivity index (χ2n) is 5.19. The summed E-state index contributed by atoms with van der Waals surface area (Å²) in [7, 11) is 0. The molecule has 0 radical (unpaired) electrons. The first-order valence-electron chi connectivity index (χ1n) is 6.91. The van der Waals surface area contributed by atoms with Crippen LogP contribution in [0.25, 0.3) is 0 Å². The van der Waals surface area contributed by atoms with Gasteiger partial charge >= 0.3 is 0 Å². The standard InChI is InChI=1S/C15H21BrFNO/c1-12(17)10-18-9-3-2-4-14(18)11-19-15-7-5-13(16)6-8-15/h5-8,12,14H,2-4,9-11H2,1H3. The third kappa shape index (κ3) is 4.77. The van der Waals surface area contributed by atoms with Crippen molar-refractivity contribution in [2.45, 2.75) is 38.4 Å². The van der Waals surface area contributed by atoms with Gasteiger partial charge in [0.1, 0.15) is 18.5 Å². The van der Waals surface area contributed by atoms with Crippen LogP contribution in [0.1, 0.15) is 26.2 Å². The highest BCUT2D eigenvalue weighted by molar-refractivity contribution is 9.10. The van der Waals surface area contributed by atoms with E-state index < -0.39 is 6.17 Å². The Morgan fingerprint density at radius 2 is 2.11 bits per heavy atom. The van der Waals surface area contributed by atoms with Gasteiger partial charge in [0.05, 0.1) is 0 Å². The molecule has 1 fully saturated rings. The molecule has 1 heterocycles. The van der Waals surface area contributed by atoms with Crippen molar-refractivity contribution in [3.63, 3.8) is 0 Å². The summed E-state index contributed by atoms with van der Waals surface area (Å²) in [5.41, 5.74) is 0. The zero-order valence-corrected chi connectivity index (χ0v) is 12.9. The number of alkyl halides is 1. The highest BCUT2D eigenvalue weighted by atomic mass is 79.9. The van der Waals surface area contributed by atoms with Crippen molar-refractivity contribution < 1.29 is 9.13 Å². The van der Waals surface area contributed by atoms with Crippen molar-refractivity contribution in [2.75, 3.05) is 19.7 Å². The molecule has 0 N–H and O–H groups in total. The van der Waals surface area contributed by atoms with E-state index in [1.807, 2.05) is 24.3 Å². The van der Waals surface area contributed by atoms with Gasteiger partial charge in [-0.3, -0.25) is 4.90 Å². The van der Waals surface area contributed by atoms with Gasteiger partial charge in [0, 0.05) is 17.1 Å². The van der Waals surface area contributed by atoms with Crippen LogP contribution in [0.15, 0.2) is 28.7 Å². The minimum absolute atomic E-state index is 0.343. The highest BCUT2D eigenvalue weighted by Crippen LogP contribution is 2.21. The molecule has 1 saturated heterocycles. The van der Waals surface area contributed by atoms with E-state index in [1.165, 1.54) is 12.8 Å². The Labute approximate surface area is 123 Å². The normalized spacial score (nSPS) is 22.2. The number of nitrogens with zero attached hydrogens (tertiary/aromatic N) is 1. The third-order valence-electron chi connectivity index (χ3n) is 3.49. The molecular weight excluding hydrogens is 309 g/mol. The third-order valence-corrected chi connectivity index (χ3v) is 4.02. The average molecular weight is 330 g/mol. The predicted molar refractivity (Wildman–Crippen MR) is 79.4 cm³/mol. The SMILES string of the molecule is CC(F)CN1CCCCC1COc1ccc(Br)cc1. The molecule has 4 heteroatoms. The van der Waals surface area contributed by atoms with Crippen molar-refractivity contribution in [1.29, 1.82) is 0 Å². The number of rotatable bonds is 5. The second-order valence-corrected chi connectivity index (χ2v) is 6.11. The van der Waals surface area contributed by atoms with Crippen LogP contribution in [0, 0.1) is 0 Å². The first-order valence-corrected chi connectivity index (χ1v) is 7.71. The van der Waals surface area contributed by atoms with E-state index in [0.29, 0.717) is 19.2 Å². The van der Waals surface area contributed by atoms with E-state index in [9.17, 15) is 4.39 Å². The van der Waals surface area contributed by atoms with Gasteiger partial charge < -0.3 is 4.74 Å². The molecule has 1 aromatic carbocycles. The van der Waals surface area contributed by atoms with Crippen molar-refractivity contribution >= 4 is 15.9 Å². The van der Waals surface area contributed by atoms with Crippen LogP contribution in [0.5, 0.6) is 5.75 Å². The average Bonchev–Trinajstić information content (AvgIpc) is 2.39. The molecule has 2 rings (SSSR count). The Morgan fingerprint density at radius 1 is 1.37 bits per heavy atom. The summed E-state index contributed by atoms with van der Waals surface area (Å²) in [6, 6.07) is 8.19. The molecule has 2 unspecified atom stereocenters. The summed E-state index contributed by atoms with van der Waals surface area (Å²) < 4.78 is 20.1. The maximum Gasteiger partial charge on any atom is 0.119 e. The van der Waals surface area contributed by atoms with Crippen LogP contribution in [-0.2, 0) is 0 Å². The van der Waals surface area contributed by atoms with E-state index in [1.54, 1.807) is 6.92 Å². The number of hydrogen-bond acceptors (Lipinski definition) is 2. The molecule has 106 valence electrons. The Hall–Kier alpha value is -0.610. The van der Waals surface area contributed by atoms with Crippen molar-refractivity contribution in [3.8, 4) is 5.75 Å². The molecule has 2 nitrogen and oxygen atoms in total. The number of ether oxygens (including phenoxy) is 1. The second kappa shape index (κ2) is 7.25. The Balaban J connectivity index is 1.87. The molecule has 0 aromatic heterocycles. The highest BCUT2D eigenvalue weighted by Gasteiger charge is 2.24. The van der Waals surface area contributed by atoms with Gasteiger partial charge in [0.15, 0.2) is 0 Å². The van der Waals surface area contributed by atoms with E-state index in [2.05, 4.69) is 20.8 Å².